The molecule has 0 aliphatic carbocycles. The van der Waals surface area contributed by atoms with E-state index in [0.29, 0.717) is 20.2 Å². The zero-order valence-corrected chi connectivity index (χ0v) is 8.71. The molecule has 0 saturated carbocycles. The molecule has 0 fully saturated rings. The number of anilines is 1. The predicted octanol–water partition coefficient (Wildman–Crippen LogP) is 3.19. The van der Waals surface area contributed by atoms with Gasteiger partial charge in [-0.05, 0) is 24.4 Å². The Kier molecular flexibility index (Phi) is 2.35. The lowest BCUT2D eigenvalue weighted by Gasteiger charge is -2.00. The van der Waals surface area contributed by atoms with E-state index in [2.05, 4.69) is 4.98 Å². The molecule has 72 valence electrons. The maximum atomic E-state index is 13.4. The Morgan fingerprint density at radius 3 is 2.64 bits per heavy atom. The summed E-state index contributed by atoms with van der Waals surface area (Å²) in [6.07, 6.45) is 0. The molecule has 0 unspecified atom stereocenters. The van der Waals surface area contributed by atoms with E-state index in [1.165, 1.54) is 17.4 Å². The van der Waals surface area contributed by atoms with Crippen molar-refractivity contribution in [3.8, 4) is 11.3 Å². The highest BCUT2D eigenvalue weighted by atomic mass is 32.1. The maximum Gasteiger partial charge on any atom is 0.160 e. The van der Waals surface area contributed by atoms with E-state index in [9.17, 15) is 4.39 Å². The Balaban J connectivity index is 2.66. The summed E-state index contributed by atoms with van der Waals surface area (Å²) in [5, 5.41) is 0.514. The van der Waals surface area contributed by atoms with Gasteiger partial charge in [-0.15, -0.1) is 0 Å². The molecule has 14 heavy (non-hydrogen) atoms. The first-order valence-electron chi connectivity index (χ1n) is 3.92. The highest BCUT2D eigenvalue weighted by Gasteiger charge is 2.09. The van der Waals surface area contributed by atoms with Crippen LogP contribution in [-0.2, 0) is 0 Å². The number of benzene rings is 1. The number of rotatable bonds is 1. The van der Waals surface area contributed by atoms with Crippen molar-refractivity contribution in [3.63, 3.8) is 0 Å². The Bertz CT molecular complexity index is 516. The summed E-state index contributed by atoms with van der Waals surface area (Å²) >= 11 is 6.17. The molecule has 0 saturated heterocycles. The molecule has 0 aliphatic heterocycles. The van der Waals surface area contributed by atoms with Crippen molar-refractivity contribution in [2.75, 3.05) is 5.73 Å². The van der Waals surface area contributed by atoms with Crippen LogP contribution in [0.3, 0.4) is 0 Å². The van der Waals surface area contributed by atoms with E-state index in [1.807, 2.05) is 0 Å². The molecule has 1 aromatic heterocycles. The highest BCUT2D eigenvalue weighted by Crippen LogP contribution is 2.30. The minimum Gasteiger partial charge on any atom is -0.389 e. The lowest BCUT2D eigenvalue weighted by atomic mass is 10.1. The fourth-order valence-corrected chi connectivity index (χ4v) is 2.19. The van der Waals surface area contributed by atoms with Crippen LogP contribution in [0.5, 0.6) is 0 Å². The fourth-order valence-electron chi connectivity index (χ4n) is 1.20. The van der Waals surface area contributed by atoms with E-state index in [1.54, 1.807) is 18.2 Å². The lowest BCUT2D eigenvalue weighted by Crippen LogP contribution is -1.88. The van der Waals surface area contributed by atoms with Crippen molar-refractivity contribution < 1.29 is 4.39 Å². The summed E-state index contributed by atoms with van der Waals surface area (Å²) in [5.74, 6) is -0.303. The molecular formula is C9H7FN2S2. The van der Waals surface area contributed by atoms with Gasteiger partial charge in [0.05, 0.1) is 5.69 Å². The second-order valence-electron chi connectivity index (χ2n) is 2.73. The number of halogens is 1. The minimum atomic E-state index is -0.303. The number of hydrogen-bond acceptors (Lipinski definition) is 3. The molecule has 0 bridgehead atoms. The summed E-state index contributed by atoms with van der Waals surface area (Å²) in [5.41, 5.74) is 6.72. The van der Waals surface area contributed by atoms with Gasteiger partial charge in [0.25, 0.3) is 0 Å². The summed E-state index contributed by atoms with van der Waals surface area (Å²) < 4.78 is 13.9. The van der Waals surface area contributed by atoms with Gasteiger partial charge in [-0.3, -0.25) is 0 Å². The van der Waals surface area contributed by atoms with Crippen LogP contribution in [0.25, 0.3) is 11.3 Å². The average molecular weight is 226 g/mol. The third-order valence-corrected chi connectivity index (χ3v) is 2.88. The van der Waals surface area contributed by atoms with Gasteiger partial charge in [-0.25, -0.2) is 4.39 Å². The van der Waals surface area contributed by atoms with Crippen molar-refractivity contribution >= 4 is 28.6 Å². The van der Waals surface area contributed by atoms with E-state index in [4.69, 9.17) is 18.0 Å². The molecule has 2 rings (SSSR count). The van der Waals surface area contributed by atoms with Crippen molar-refractivity contribution in [2.45, 2.75) is 0 Å². The first kappa shape index (κ1) is 9.36. The van der Waals surface area contributed by atoms with Gasteiger partial charge in [0.15, 0.2) is 3.95 Å². The van der Waals surface area contributed by atoms with Gasteiger partial charge in [0.2, 0.25) is 0 Å². The summed E-state index contributed by atoms with van der Waals surface area (Å²) in [4.78, 5) is 2.87. The Morgan fingerprint density at radius 2 is 2.07 bits per heavy atom. The van der Waals surface area contributed by atoms with Gasteiger partial charge in [0, 0.05) is 5.56 Å². The summed E-state index contributed by atoms with van der Waals surface area (Å²) in [6, 6.07) is 6.45. The van der Waals surface area contributed by atoms with Crippen LogP contribution in [0.2, 0.25) is 0 Å². The predicted molar refractivity (Wildman–Crippen MR) is 59.3 cm³/mol. The highest BCUT2D eigenvalue weighted by molar-refractivity contribution is 7.73. The Morgan fingerprint density at radius 1 is 1.36 bits per heavy atom. The number of H-pyrrole nitrogens is 1. The maximum absolute atomic E-state index is 13.4. The topological polar surface area (TPSA) is 41.8 Å². The van der Waals surface area contributed by atoms with E-state index < -0.39 is 0 Å². The van der Waals surface area contributed by atoms with Crippen LogP contribution in [0.4, 0.5) is 9.39 Å². The molecule has 0 spiro atoms. The SMILES string of the molecule is Nc1sc(=S)[nH]c1-c1ccccc1F. The van der Waals surface area contributed by atoms with Crippen LogP contribution in [0.1, 0.15) is 0 Å². The molecule has 1 heterocycles. The van der Waals surface area contributed by atoms with Crippen LogP contribution < -0.4 is 5.73 Å². The lowest BCUT2D eigenvalue weighted by molar-refractivity contribution is 0.631. The second kappa shape index (κ2) is 3.51. The number of nitrogens with two attached hydrogens (primary N) is 1. The van der Waals surface area contributed by atoms with Gasteiger partial charge in [-0.1, -0.05) is 23.5 Å². The smallest absolute Gasteiger partial charge is 0.160 e. The summed E-state index contributed by atoms with van der Waals surface area (Å²) in [7, 11) is 0. The first-order valence-corrected chi connectivity index (χ1v) is 5.14. The molecule has 0 radical (unpaired) electrons. The van der Waals surface area contributed by atoms with Crippen molar-refractivity contribution in [3.05, 3.63) is 34.0 Å². The number of aromatic nitrogens is 1. The minimum absolute atomic E-state index is 0.303. The summed E-state index contributed by atoms with van der Waals surface area (Å²) in [6.45, 7) is 0. The van der Waals surface area contributed by atoms with Gasteiger partial charge >= 0.3 is 0 Å². The van der Waals surface area contributed by atoms with Crippen LogP contribution in [-0.4, -0.2) is 4.98 Å². The van der Waals surface area contributed by atoms with Crippen molar-refractivity contribution in [2.24, 2.45) is 0 Å². The van der Waals surface area contributed by atoms with Gasteiger partial charge in [0.1, 0.15) is 10.8 Å². The fraction of sp³-hybridized carbons (Fsp3) is 0. The third-order valence-electron chi connectivity index (χ3n) is 1.82. The molecule has 0 atom stereocenters. The zero-order valence-electron chi connectivity index (χ0n) is 7.08. The standard InChI is InChI=1S/C9H7FN2S2/c10-6-4-2-1-3-5(6)7-8(11)14-9(13)12-7/h1-4H,11H2,(H,12,13). The monoisotopic (exact) mass is 226 g/mol. The van der Waals surface area contributed by atoms with Crippen LogP contribution in [0.15, 0.2) is 24.3 Å². The van der Waals surface area contributed by atoms with Crippen LogP contribution >= 0.6 is 23.6 Å². The first-order chi connectivity index (χ1) is 6.68. The molecule has 1 aromatic carbocycles. The molecule has 0 aliphatic rings. The number of thiazole rings is 1. The molecule has 5 heteroatoms. The molecule has 2 nitrogen and oxygen atoms in total. The zero-order chi connectivity index (χ0) is 10.1. The largest absolute Gasteiger partial charge is 0.389 e. The molecular weight excluding hydrogens is 219 g/mol. The molecule has 2 aromatic rings. The quantitative estimate of drug-likeness (QED) is 0.733. The Hall–Kier alpha value is -1.20. The number of hydrogen-bond donors (Lipinski definition) is 2. The van der Waals surface area contributed by atoms with E-state index in [-0.39, 0.29) is 5.82 Å². The molecule has 0 amide bonds. The average Bonchev–Trinajstić information content (AvgIpc) is 2.46. The number of nitrogens with one attached hydrogen (secondary N) is 1. The van der Waals surface area contributed by atoms with Crippen molar-refractivity contribution in [1.29, 1.82) is 0 Å². The Labute approximate surface area is 89.2 Å². The third kappa shape index (κ3) is 1.56. The van der Waals surface area contributed by atoms with Crippen LogP contribution in [0, 0.1) is 9.77 Å². The number of aromatic amines is 1. The van der Waals surface area contributed by atoms with E-state index >= 15 is 0 Å². The van der Waals surface area contributed by atoms with Gasteiger partial charge in [-0.2, -0.15) is 0 Å². The number of nitrogen functional groups attached to an aromatic ring is 1. The molecule has 3 N–H and O–H groups in total. The van der Waals surface area contributed by atoms with Crippen molar-refractivity contribution in [1.82, 2.24) is 4.98 Å². The van der Waals surface area contributed by atoms with Gasteiger partial charge < -0.3 is 10.7 Å². The van der Waals surface area contributed by atoms with E-state index in [0.717, 1.165) is 0 Å². The second-order valence-corrected chi connectivity index (χ2v) is 4.45. The normalized spacial score (nSPS) is 10.4.